The van der Waals surface area contributed by atoms with Crippen LogP contribution in [-0.2, 0) is 4.74 Å². The standard InChI is InChI=1S/C10H9F2N3O3/c1-2-5-7(16)10(11,12)8(18-5)15-4-3-6(13)14-9(15)17/h1,3-5,7-8,16H,(H2,13,14,17). The van der Waals surface area contributed by atoms with Crippen molar-refractivity contribution in [3.05, 3.63) is 22.7 Å². The average Bonchev–Trinajstić information content (AvgIpc) is 2.52. The van der Waals surface area contributed by atoms with Gasteiger partial charge in [0.15, 0.2) is 12.2 Å². The summed E-state index contributed by atoms with van der Waals surface area (Å²) in [6.07, 6.45) is 0.285. The van der Waals surface area contributed by atoms with Crippen LogP contribution in [0.3, 0.4) is 0 Å². The highest BCUT2D eigenvalue weighted by Crippen LogP contribution is 2.41. The highest BCUT2D eigenvalue weighted by molar-refractivity contribution is 5.24. The van der Waals surface area contributed by atoms with Crippen LogP contribution in [0.5, 0.6) is 0 Å². The fourth-order valence-electron chi connectivity index (χ4n) is 1.64. The fourth-order valence-corrected chi connectivity index (χ4v) is 1.64. The Hall–Kier alpha value is -1.98. The minimum absolute atomic E-state index is 0.105. The Morgan fingerprint density at radius 1 is 1.67 bits per heavy atom. The van der Waals surface area contributed by atoms with Crippen LogP contribution < -0.4 is 11.4 Å². The van der Waals surface area contributed by atoms with Crippen LogP contribution in [0.25, 0.3) is 0 Å². The summed E-state index contributed by atoms with van der Waals surface area (Å²) in [5, 5.41) is 9.32. The smallest absolute Gasteiger partial charge is 0.351 e. The van der Waals surface area contributed by atoms with Gasteiger partial charge in [-0.25, -0.2) is 4.79 Å². The van der Waals surface area contributed by atoms with Gasteiger partial charge in [0.05, 0.1) is 0 Å². The second kappa shape index (κ2) is 4.04. The summed E-state index contributed by atoms with van der Waals surface area (Å²) in [4.78, 5) is 14.7. The Morgan fingerprint density at radius 3 is 2.83 bits per heavy atom. The SMILES string of the molecule is C#CC1OC(n2ccc(N)nc2=O)C(F)(F)C1O. The van der Waals surface area contributed by atoms with Gasteiger partial charge in [-0.15, -0.1) is 6.42 Å². The zero-order valence-electron chi connectivity index (χ0n) is 8.96. The molecule has 1 aliphatic heterocycles. The quantitative estimate of drug-likeness (QED) is 0.653. The molecule has 0 aromatic carbocycles. The van der Waals surface area contributed by atoms with E-state index >= 15 is 0 Å². The van der Waals surface area contributed by atoms with E-state index in [0.29, 0.717) is 4.57 Å². The first-order valence-corrected chi connectivity index (χ1v) is 4.90. The molecule has 0 amide bonds. The fraction of sp³-hybridized carbons (Fsp3) is 0.400. The summed E-state index contributed by atoms with van der Waals surface area (Å²) in [5.74, 6) is -1.91. The van der Waals surface area contributed by atoms with E-state index in [1.54, 1.807) is 0 Å². The molecule has 2 rings (SSSR count). The molecular weight excluding hydrogens is 248 g/mol. The van der Waals surface area contributed by atoms with Crippen molar-refractivity contribution < 1.29 is 18.6 Å². The van der Waals surface area contributed by atoms with Crippen molar-refractivity contribution in [1.29, 1.82) is 0 Å². The second-order valence-electron chi connectivity index (χ2n) is 3.74. The first kappa shape index (κ1) is 12.5. The van der Waals surface area contributed by atoms with E-state index in [9.17, 15) is 18.7 Å². The third-order valence-corrected chi connectivity index (χ3v) is 2.55. The monoisotopic (exact) mass is 257 g/mol. The number of ether oxygens (including phenoxy) is 1. The third kappa shape index (κ3) is 1.73. The Bertz CT molecular complexity index is 566. The lowest BCUT2D eigenvalue weighted by Gasteiger charge is -2.20. The van der Waals surface area contributed by atoms with Crippen molar-refractivity contribution in [1.82, 2.24) is 9.55 Å². The molecule has 1 fully saturated rings. The normalized spacial score (nSPS) is 30.0. The molecule has 2 heterocycles. The molecule has 3 N–H and O–H groups in total. The summed E-state index contributed by atoms with van der Waals surface area (Å²) < 4.78 is 32.8. The number of nitrogens with two attached hydrogens (primary N) is 1. The minimum atomic E-state index is -3.70. The molecule has 1 aliphatic rings. The summed E-state index contributed by atoms with van der Waals surface area (Å²) in [6, 6.07) is 1.16. The highest BCUT2D eigenvalue weighted by Gasteiger charge is 2.59. The summed E-state index contributed by atoms with van der Waals surface area (Å²) in [5.41, 5.74) is 4.23. The maximum absolute atomic E-state index is 13.7. The van der Waals surface area contributed by atoms with Gasteiger partial charge in [0.25, 0.3) is 0 Å². The van der Waals surface area contributed by atoms with E-state index in [2.05, 4.69) is 4.98 Å². The summed E-state index contributed by atoms with van der Waals surface area (Å²) in [6.45, 7) is 0. The average molecular weight is 257 g/mol. The van der Waals surface area contributed by atoms with E-state index in [0.717, 1.165) is 12.3 Å². The van der Waals surface area contributed by atoms with Crippen molar-refractivity contribution in [2.75, 3.05) is 5.73 Å². The molecule has 96 valence electrons. The number of hydrogen-bond donors (Lipinski definition) is 2. The lowest BCUT2D eigenvalue weighted by molar-refractivity contribution is -0.140. The van der Waals surface area contributed by atoms with E-state index in [-0.39, 0.29) is 5.82 Å². The molecular formula is C10H9F2N3O3. The van der Waals surface area contributed by atoms with Crippen LogP contribution in [0.15, 0.2) is 17.1 Å². The van der Waals surface area contributed by atoms with Crippen molar-refractivity contribution in [2.24, 2.45) is 0 Å². The van der Waals surface area contributed by atoms with Gasteiger partial charge in [0.2, 0.25) is 6.23 Å². The first-order valence-electron chi connectivity index (χ1n) is 4.90. The van der Waals surface area contributed by atoms with Crippen molar-refractivity contribution in [3.63, 3.8) is 0 Å². The van der Waals surface area contributed by atoms with Gasteiger partial charge < -0.3 is 15.6 Å². The number of aliphatic hydroxyl groups excluding tert-OH is 1. The highest BCUT2D eigenvalue weighted by atomic mass is 19.3. The molecule has 0 bridgehead atoms. The molecule has 1 saturated heterocycles. The van der Waals surface area contributed by atoms with Gasteiger partial charge in [-0.2, -0.15) is 13.8 Å². The van der Waals surface area contributed by atoms with E-state index in [1.165, 1.54) is 0 Å². The molecule has 6 nitrogen and oxygen atoms in total. The number of nitrogen functional groups attached to an aromatic ring is 1. The van der Waals surface area contributed by atoms with Crippen molar-refractivity contribution in [3.8, 4) is 12.3 Å². The predicted molar refractivity (Wildman–Crippen MR) is 56.6 cm³/mol. The van der Waals surface area contributed by atoms with Crippen molar-refractivity contribution in [2.45, 2.75) is 24.4 Å². The molecule has 18 heavy (non-hydrogen) atoms. The number of alkyl halides is 2. The van der Waals surface area contributed by atoms with Gasteiger partial charge in [-0.05, 0) is 6.07 Å². The van der Waals surface area contributed by atoms with Crippen LogP contribution >= 0.6 is 0 Å². The lowest BCUT2D eigenvalue weighted by Crippen LogP contribution is -2.41. The number of halogens is 2. The van der Waals surface area contributed by atoms with Gasteiger partial charge in [-0.3, -0.25) is 4.57 Å². The summed E-state index contributed by atoms with van der Waals surface area (Å²) in [7, 11) is 0. The van der Waals surface area contributed by atoms with Crippen LogP contribution in [-0.4, -0.2) is 32.8 Å². The van der Waals surface area contributed by atoms with Gasteiger partial charge >= 0.3 is 11.6 Å². The third-order valence-electron chi connectivity index (χ3n) is 2.55. The number of terminal acetylenes is 1. The molecule has 0 spiro atoms. The maximum atomic E-state index is 13.7. The second-order valence-corrected chi connectivity index (χ2v) is 3.74. The molecule has 8 heteroatoms. The minimum Gasteiger partial charge on any atom is -0.383 e. The van der Waals surface area contributed by atoms with Gasteiger partial charge in [0, 0.05) is 6.20 Å². The van der Waals surface area contributed by atoms with Crippen molar-refractivity contribution >= 4 is 5.82 Å². The molecule has 0 radical (unpaired) electrons. The number of nitrogens with zero attached hydrogens (tertiary/aromatic N) is 2. The molecule has 0 saturated carbocycles. The van der Waals surface area contributed by atoms with Crippen LogP contribution in [0.2, 0.25) is 0 Å². The van der Waals surface area contributed by atoms with E-state index in [1.807, 2.05) is 5.92 Å². The van der Waals surface area contributed by atoms with Gasteiger partial charge in [0.1, 0.15) is 5.82 Å². The topological polar surface area (TPSA) is 90.4 Å². The largest absolute Gasteiger partial charge is 0.383 e. The Kier molecular flexibility index (Phi) is 2.80. The maximum Gasteiger partial charge on any atom is 0.351 e. The summed E-state index contributed by atoms with van der Waals surface area (Å²) >= 11 is 0. The molecule has 1 aromatic rings. The van der Waals surface area contributed by atoms with E-state index in [4.69, 9.17) is 16.9 Å². The number of anilines is 1. The first-order chi connectivity index (χ1) is 8.37. The predicted octanol–water partition coefficient (Wildman–Crippen LogP) is -0.648. The number of rotatable bonds is 1. The molecule has 0 aliphatic carbocycles. The molecule has 3 atom stereocenters. The number of aliphatic hydroxyl groups is 1. The Morgan fingerprint density at radius 2 is 2.33 bits per heavy atom. The number of aromatic nitrogens is 2. The van der Waals surface area contributed by atoms with Crippen LogP contribution in [0.1, 0.15) is 6.23 Å². The van der Waals surface area contributed by atoms with E-state index < -0.39 is 30.0 Å². The van der Waals surface area contributed by atoms with Crippen LogP contribution in [0, 0.1) is 12.3 Å². The number of hydrogen-bond acceptors (Lipinski definition) is 5. The van der Waals surface area contributed by atoms with Crippen LogP contribution in [0.4, 0.5) is 14.6 Å². The molecule has 1 aromatic heterocycles. The van der Waals surface area contributed by atoms with Gasteiger partial charge in [-0.1, -0.05) is 5.92 Å². The lowest BCUT2D eigenvalue weighted by atomic mass is 10.1. The zero-order chi connectivity index (χ0) is 13.5. The molecule has 3 unspecified atom stereocenters. The Labute approximate surface area is 100 Å². The zero-order valence-corrected chi connectivity index (χ0v) is 8.96. The Balaban J connectivity index is 2.46.